The van der Waals surface area contributed by atoms with E-state index in [1.807, 2.05) is 6.08 Å². The highest BCUT2D eigenvalue weighted by atomic mass is 15.0. The summed E-state index contributed by atoms with van der Waals surface area (Å²) in [5.74, 6) is 1.26. The second kappa shape index (κ2) is 5.01. The minimum atomic E-state index is 0.622. The summed E-state index contributed by atoms with van der Waals surface area (Å²) in [4.78, 5) is 8.20. The first-order valence-corrected chi connectivity index (χ1v) is 4.38. The highest BCUT2D eigenvalue weighted by Gasteiger charge is 2.01. The summed E-state index contributed by atoms with van der Waals surface area (Å²) < 4.78 is 0. The van der Waals surface area contributed by atoms with E-state index in [0.717, 1.165) is 18.4 Å². The summed E-state index contributed by atoms with van der Waals surface area (Å²) >= 11 is 0. The van der Waals surface area contributed by atoms with Crippen molar-refractivity contribution in [3.63, 3.8) is 0 Å². The van der Waals surface area contributed by atoms with E-state index < -0.39 is 0 Å². The zero-order chi connectivity index (χ0) is 10.4. The van der Waals surface area contributed by atoms with Crippen LogP contribution in [0.1, 0.15) is 12.8 Å². The second-order valence-corrected chi connectivity index (χ2v) is 2.83. The average Bonchev–Trinajstić information content (AvgIpc) is 2.19. The van der Waals surface area contributed by atoms with E-state index in [9.17, 15) is 0 Å². The Kier molecular flexibility index (Phi) is 3.67. The summed E-state index contributed by atoms with van der Waals surface area (Å²) in [5.41, 5.74) is 11.6. The van der Waals surface area contributed by atoms with Crippen LogP contribution in [-0.4, -0.2) is 12.1 Å². The molecule has 1 heterocycles. The summed E-state index contributed by atoms with van der Waals surface area (Å²) in [6, 6.07) is 0. The van der Waals surface area contributed by atoms with Crippen molar-refractivity contribution in [2.45, 2.75) is 12.8 Å². The molecule has 0 fully saturated rings. The van der Waals surface area contributed by atoms with E-state index in [4.69, 9.17) is 11.5 Å². The summed E-state index contributed by atoms with van der Waals surface area (Å²) in [6.07, 6.45) is 8.30. The zero-order valence-electron chi connectivity index (χ0n) is 7.98. The minimum absolute atomic E-state index is 0.622. The Bertz CT molecular complexity index is 334. The van der Waals surface area contributed by atoms with Crippen molar-refractivity contribution >= 4 is 12.1 Å². The second-order valence-electron chi connectivity index (χ2n) is 2.83. The van der Waals surface area contributed by atoms with Gasteiger partial charge in [0, 0.05) is 24.4 Å². The monoisotopic (exact) mass is 190 g/mol. The first kappa shape index (κ1) is 10.2. The molecule has 0 spiro atoms. The molecule has 4 nitrogen and oxygen atoms in total. The maximum absolute atomic E-state index is 5.57. The maximum Gasteiger partial charge on any atom is 0.149 e. The van der Waals surface area contributed by atoms with Gasteiger partial charge in [-0.25, -0.2) is 9.98 Å². The van der Waals surface area contributed by atoms with Crippen LogP contribution < -0.4 is 11.5 Å². The number of hydrogen-bond donors (Lipinski definition) is 2. The highest BCUT2D eigenvalue weighted by Crippen LogP contribution is 2.09. The molecule has 0 aromatic carbocycles. The first-order chi connectivity index (χ1) is 6.76. The Morgan fingerprint density at radius 3 is 3.00 bits per heavy atom. The number of nitrogens with zero attached hydrogens (tertiary/aromatic N) is 2. The molecule has 1 aliphatic heterocycles. The van der Waals surface area contributed by atoms with Crippen LogP contribution in [0.15, 0.2) is 46.3 Å². The van der Waals surface area contributed by atoms with Crippen LogP contribution in [0.4, 0.5) is 0 Å². The predicted octanol–water partition coefficient (Wildman–Crippen LogP) is 1.08. The lowest BCUT2D eigenvalue weighted by molar-refractivity contribution is 0.996. The van der Waals surface area contributed by atoms with Gasteiger partial charge in [0.2, 0.25) is 0 Å². The molecular formula is C10H14N4. The largest absolute Gasteiger partial charge is 0.404 e. The van der Waals surface area contributed by atoms with Crippen LogP contribution in [0.3, 0.4) is 0 Å². The molecule has 4 N–H and O–H groups in total. The molecule has 0 aromatic heterocycles. The number of aliphatic imine (C=N–C) groups is 2. The number of rotatable bonds is 3. The van der Waals surface area contributed by atoms with Crippen molar-refractivity contribution in [1.29, 1.82) is 0 Å². The van der Waals surface area contributed by atoms with Crippen LogP contribution in [0.2, 0.25) is 0 Å². The molecule has 0 atom stereocenters. The van der Waals surface area contributed by atoms with Crippen LogP contribution in [-0.2, 0) is 0 Å². The number of nitrogens with two attached hydrogens (primary N) is 2. The van der Waals surface area contributed by atoms with Crippen LogP contribution >= 0.6 is 0 Å². The molecule has 74 valence electrons. The van der Waals surface area contributed by atoms with Crippen molar-refractivity contribution in [3.05, 3.63) is 36.3 Å². The smallest absolute Gasteiger partial charge is 0.149 e. The fourth-order valence-electron chi connectivity index (χ4n) is 0.984. The predicted molar refractivity (Wildman–Crippen MR) is 59.9 cm³/mol. The number of allylic oxidation sites excluding steroid dienone is 3. The van der Waals surface area contributed by atoms with E-state index in [1.165, 1.54) is 6.20 Å². The maximum atomic E-state index is 5.57. The molecule has 0 radical (unpaired) electrons. The Labute approximate surface area is 83.4 Å². The minimum Gasteiger partial charge on any atom is -0.404 e. The van der Waals surface area contributed by atoms with Crippen molar-refractivity contribution in [2.24, 2.45) is 21.5 Å². The van der Waals surface area contributed by atoms with Gasteiger partial charge < -0.3 is 11.5 Å². The van der Waals surface area contributed by atoms with Gasteiger partial charge in [-0.05, 0) is 12.5 Å². The van der Waals surface area contributed by atoms with Gasteiger partial charge in [0.05, 0.1) is 0 Å². The third-order valence-electron chi connectivity index (χ3n) is 1.76. The quantitative estimate of drug-likeness (QED) is 0.516. The standard InChI is InChI=1S/C10H14N4/c1-2-8(6-11)7-13-10-5-3-4-9(12)14-10/h2,5-7H,1,3-4,11H2,(H2,12,14). The number of hydrogen-bond acceptors (Lipinski definition) is 4. The Balaban J connectivity index is 2.69. The fourth-order valence-corrected chi connectivity index (χ4v) is 0.984. The molecule has 0 amide bonds. The van der Waals surface area contributed by atoms with Gasteiger partial charge in [-0.3, -0.25) is 0 Å². The van der Waals surface area contributed by atoms with Crippen molar-refractivity contribution < 1.29 is 0 Å². The average molecular weight is 190 g/mol. The first-order valence-electron chi connectivity index (χ1n) is 4.38. The summed E-state index contributed by atoms with van der Waals surface area (Å²) in [6.45, 7) is 3.59. The van der Waals surface area contributed by atoms with Gasteiger partial charge >= 0.3 is 0 Å². The van der Waals surface area contributed by atoms with Crippen LogP contribution in [0, 0.1) is 0 Å². The van der Waals surface area contributed by atoms with Crippen LogP contribution in [0.25, 0.3) is 0 Å². The lowest BCUT2D eigenvalue weighted by Gasteiger charge is -2.04. The van der Waals surface area contributed by atoms with E-state index in [1.54, 1.807) is 12.3 Å². The molecule has 14 heavy (non-hydrogen) atoms. The highest BCUT2D eigenvalue weighted by molar-refractivity contribution is 5.85. The third-order valence-corrected chi connectivity index (χ3v) is 1.76. The fraction of sp³-hybridized carbons (Fsp3) is 0.200. The van der Waals surface area contributed by atoms with Gasteiger partial charge in [-0.2, -0.15) is 0 Å². The van der Waals surface area contributed by atoms with Gasteiger partial charge in [0.25, 0.3) is 0 Å². The molecule has 0 saturated heterocycles. The molecule has 0 aliphatic carbocycles. The molecule has 0 unspecified atom stereocenters. The molecule has 1 rings (SSSR count). The summed E-state index contributed by atoms with van der Waals surface area (Å²) in [5, 5.41) is 0. The van der Waals surface area contributed by atoms with Crippen molar-refractivity contribution in [3.8, 4) is 0 Å². The lowest BCUT2D eigenvalue weighted by atomic mass is 10.2. The molecule has 0 aromatic rings. The molecule has 1 aliphatic rings. The number of amidine groups is 1. The van der Waals surface area contributed by atoms with Gasteiger partial charge in [0.1, 0.15) is 11.7 Å². The van der Waals surface area contributed by atoms with E-state index >= 15 is 0 Å². The van der Waals surface area contributed by atoms with Crippen molar-refractivity contribution in [2.75, 3.05) is 0 Å². The third kappa shape index (κ3) is 2.90. The molecular weight excluding hydrogens is 176 g/mol. The Morgan fingerprint density at radius 2 is 2.43 bits per heavy atom. The normalized spacial score (nSPS) is 17.9. The molecule has 0 saturated carbocycles. The Morgan fingerprint density at radius 1 is 1.64 bits per heavy atom. The topological polar surface area (TPSA) is 76.8 Å². The zero-order valence-corrected chi connectivity index (χ0v) is 7.98. The molecule has 0 bridgehead atoms. The van der Waals surface area contributed by atoms with Gasteiger partial charge in [-0.1, -0.05) is 12.7 Å². The Hall–Kier alpha value is -1.84. The van der Waals surface area contributed by atoms with Gasteiger partial charge in [0.15, 0.2) is 0 Å². The summed E-state index contributed by atoms with van der Waals surface area (Å²) in [7, 11) is 0. The van der Waals surface area contributed by atoms with Crippen molar-refractivity contribution in [1.82, 2.24) is 0 Å². The van der Waals surface area contributed by atoms with Gasteiger partial charge in [-0.15, -0.1) is 0 Å². The SMILES string of the molecule is C=CC(C=NC1=CCCC(N)=N1)=CN. The van der Waals surface area contributed by atoms with E-state index in [0.29, 0.717) is 11.7 Å². The lowest BCUT2D eigenvalue weighted by Crippen LogP contribution is -2.13. The van der Waals surface area contributed by atoms with E-state index in [2.05, 4.69) is 16.6 Å². The van der Waals surface area contributed by atoms with E-state index in [-0.39, 0.29) is 0 Å². The molecule has 4 heteroatoms. The van der Waals surface area contributed by atoms with Crippen LogP contribution in [0.5, 0.6) is 0 Å².